The van der Waals surface area contributed by atoms with Crippen molar-refractivity contribution >= 4 is 54.9 Å². The monoisotopic (exact) mass is 515 g/mol. The molecule has 0 spiro atoms. The minimum Gasteiger partial charge on any atom is -0.508 e. The van der Waals surface area contributed by atoms with E-state index in [1.165, 1.54) is 24.3 Å². The Bertz CT molecular complexity index is 885. The van der Waals surface area contributed by atoms with E-state index in [1.54, 1.807) is 0 Å². The number of aromatic hydroxyl groups is 1. The molecule has 1 aromatic rings. The number of carbonyl (C=O) groups is 5. The summed E-state index contributed by atoms with van der Waals surface area (Å²) in [7, 11) is 0. The lowest BCUT2D eigenvalue weighted by Crippen LogP contribution is -2.58. The summed E-state index contributed by atoms with van der Waals surface area (Å²) in [6, 6.07) is 1.06. The lowest BCUT2D eigenvalue weighted by atomic mass is 10.1. The number of hydrogen-bond donors (Lipinski definition) is 9. The number of nitrogens with two attached hydrogens (primary N) is 2. The van der Waals surface area contributed by atoms with Crippen LogP contribution in [-0.4, -0.2) is 75.5 Å². The van der Waals surface area contributed by atoms with Crippen LogP contribution in [0.15, 0.2) is 24.3 Å². The van der Waals surface area contributed by atoms with Crippen LogP contribution in [-0.2, 0) is 30.4 Å². The van der Waals surface area contributed by atoms with Gasteiger partial charge in [-0.1, -0.05) is 12.1 Å². The van der Waals surface area contributed by atoms with Crippen molar-refractivity contribution in [2.75, 3.05) is 11.5 Å². The van der Waals surface area contributed by atoms with Crippen LogP contribution in [0.25, 0.3) is 0 Å². The number of rotatable bonds is 14. The molecular weight excluding hydrogens is 486 g/mol. The number of nitrogens with one attached hydrogen (secondary N) is 3. The maximum atomic E-state index is 12.6. The van der Waals surface area contributed by atoms with Crippen molar-refractivity contribution in [1.82, 2.24) is 16.0 Å². The molecule has 4 unspecified atom stereocenters. The molecule has 188 valence electrons. The second kappa shape index (κ2) is 14.3. The largest absolute Gasteiger partial charge is 0.508 e. The predicted octanol–water partition coefficient (Wildman–Crippen LogP) is -2.07. The van der Waals surface area contributed by atoms with Crippen molar-refractivity contribution in [1.29, 1.82) is 0 Å². The van der Waals surface area contributed by atoms with Gasteiger partial charge in [0.05, 0.1) is 6.04 Å². The first-order valence-electron chi connectivity index (χ1n) is 10.2. The third-order valence-corrected chi connectivity index (χ3v) is 5.39. The molecule has 0 aliphatic rings. The van der Waals surface area contributed by atoms with E-state index in [0.717, 1.165) is 0 Å². The molecule has 1 rings (SSSR count). The molecule has 0 radical (unpaired) electrons. The number of carboxylic acids is 1. The molecule has 12 nitrogen and oxygen atoms in total. The zero-order valence-corrected chi connectivity index (χ0v) is 19.9. The van der Waals surface area contributed by atoms with Crippen LogP contribution in [0.3, 0.4) is 0 Å². The van der Waals surface area contributed by atoms with Gasteiger partial charge in [-0.3, -0.25) is 19.2 Å². The second-order valence-electron chi connectivity index (χ2n) is 7.37. The molecule has 0 aliphatic heterocycles. The highest BCUT2D eigenvalue weighted by Crippen LogP contribution is 2.11. The lowest BCUT2D eigenvalue weighted by Gasteiger charge is -2.23. The number of aliphatic carboxylic acids is 1. The second-order valence-corrected chi connectivity index (χ2v) is 8.10. The van der Waals surface area contributed by atoms with Crippen LogP contribution in [0.1, 0.15) is 18.4 Å². The van der Waals surface area contributed by atoms with Crippen LogP contribution in [0.5, 0.6) is 5.75 Å². The summed E-state index contributed by atoms with van der Waals surface area (Å²) in [5.74, 6) is -4.45. The van der Waals surface area contributed by atoms with Gasteiger partial charge in [0.1, 0.15) is 23.9 Å². The van der Waals surface area contributed by atoms with Gasteiger partial charge in [0, 0.05) is 24.3 Å². The van der Waals surface area contributed by atoms with Crippen molar-refractivity contribution in [2.45, 2.75) is 43.4 Å². The standard InChI is InChI=1S/C20H29N5O7S2/c21-12(5-6-16(22)27)17(28)24-14(8-33)19(30)25-15(9-34)18(29)23-13(20(31)32)7-10-1-3-11(26)4-2-10/h1-4,12-15,26,33-34H,5-9,21H2,(H2,22,27)(H,23,29)(H,24,28)(H,25,30)(H,31,32). The summed E-state index contributed by atoms with van der Waals surface area (Å²) < 4.78 is 0. The van der Waals surface area contributed by atoms with Crippen LogP contribution in [0.4, 0.5) is 0 Å². The number of carboxylic acid groups (broad SMARTS) is 1. The number of amides is 4. The first-order valence-corrected chi connectivity index (χ1v) is 11.4. The molecule has 0 saturated heterocycles. The highest BCUT2D eigenvalue weighted by atomic mass is 32.1. The maximum Gasteiger partial charge on any atom is 0.326 e. The van der Waals surface area contributed by atoms with Gasteiger partial charge in [0.25, 0.3) is 0 Å². The number of primary amides is 1. The van der Waals surface area contributed by atoms with Gasteiger partial charge < -0.3 is 37.6 Å². The van der Waals surface area contributed by atoms with Crippen LogP contribution in [0.2, 0.25) is 0 Å². The number of phenols is 1. The first kappa shape index (κ1) is 29.1. The van der Waals surface area contributed by atoms with Crippen molar-refractivity contribution in [3.63, 3.8) is 0 Å². The van der Waals surface area contributed by atoms with E-state index in [9.17, 15) is 34.2 Å². The predicted molar refractivity (Wildman–Crippen MR) is 129 cm³/mol. The van der Waals surface area contributed by atoms with Gasteiger partial charge in [0.2, 0.25) is 23.6 Å². The summed E-state index contributed by atoms with van der Waals surface area (Å²) in [6.07, 6.45) is -0.183. The molecule has 4 atom stereocenters. The Morgan fingerprint density at radius 1 is 0.853 bits per heavy atom. The fraction of sp³-hybridized carbons (Fsp3) is 0.450. The van der Waals surface area contributed by atoms with Crippen LogP contribution < -0.4 is 27.4 Å². The Kier molecular flexibility index (Phi) is 12.2. The quantitative estimate of drug-likeness (QED) is 0.125. The molecule has 0 aromatic heterocycles. The summed E-state index contributed by atoms with van der Waals surface area (Å²) in [6.45, 7) is 0. The number of benzene rings is 1. The van der Waals surface area contributed by atoms with E-state index < -0.39 is 53.8 Å². The minimum atomic E-state index is -1.31. The highest BCUT2D eigenvalue weighted by Gasteiger charge is 2.29. The van der Waals surface area contributed by atoms with Crippen LogP contribution >= 0.6 is 25.3 Å². The summed E-state index contributed by atoms with van der Waals surface area (Å²) in [5.41, 5.74) is 11.3. The molecule has 14 heteroatoms. The van der Waals surface area contributed by atoms with E-state index in [0.29, 0.717) is 5.56 Å². The van der Waals surface area contributed by atoms with Gasteiger partial charge in [0.15, 0.2) is 0 Å². The number of thiol groups is 2. The van der Waals surface area contributed by atoms with Crippen molar-refractivity contribution < 1.29 is 34.2 Å². The lowest BCUT2D eigenvalue weighted by molar-refractivity contribution is -0.142. The molecule has 1 aromatic carbocycles. The smallest absolute Gasteiger partial charge is 0.326 e. The minimum absolute atomic E-state index is 0.0113. The Labute approximate surface area is 207 Å². The number of phenolic OH excluding ortho intramolecular Hbond substituents is 1. The maximum absolute atomic E-state index is 12.6. The van der Waals surface area contributed by atoms with Gasteiger partial charge in [-0.15, -0.1) is 0 Å². The normalized spacial score (nSPS) is 14.2. The summed E-state index contributed by atoms with van der Waals surface area (Å²) in [5, 5.41) is 25.9. The van der Waals surface area contributed by atoms with Crippen molar-refractivity contribution in [3.8, 4) is 5.75 Å². The Morgan fingerprint density at radius 3 is 1.76 bits per heavy atom. The fourth-order valence-electron chi connectivity index (χ4n) is 2.71. The summed E-state index contributed by atoms with van der Waals surface area (Å²) >= 11 is 8.07. The Hall–Kier alpha value is -2.97. The van der Waals surface area contributed by atoms with Gasteiger partial charge >= 0.3 is 5.97 Å². The first-order chi connectivity index (χ1) is 16.0. The zero-order chi connectivity index (χ0) is 25.8. The summed E-state index contributed by atoms with van der Waals surface area (Å²) in [4.78, 5) is 59.8. The van der Waals surface area contributed by atoms with Gasteiger partial charge in [-0.2, -0.15) is 25.3 Å². The number of carbonyl (C=O) groups excluding carboxylic acids is 4. The SMILES string of the molecule is NC(=O)CCC(N)C(=O)NC(CS)C(=O)NC(CS)C(=O)NC(Cc1ccc(O)cc1)C(=O)O. The topological polar surface area (TPSA) is 214 Å². The number of hydrogen-bond acceptors (Lipinski definition) is 9. The third-order valence-electron chi connectivity index (χ3n) is 4.66. The van der Waals surface area contributed by atoms with E-state index in [4.69, 9.17) is 11.5 Å². The molecule has 0 heterocycles. The third kappa shape index (κ3) is 9.89. The van der Waals surface area contributed by atoms with E-state index in [2.05, 4.69) is 41.2 Å². The molecule has 0 fully saturated rings. The average molecular weight is 516 g/mol. The molecule has 4 amide bonds. The van der Waals surface area contributed by atoms with Gasteiger partial charge in [-0.05, 0) is 24.1 Å². The molecule has 0 aliphatic carbocycles. The van der Waals surface area contributed by atoms with E-state index >= 15 is 0 Å². The fourth-order valence-corrected chi connectivity index (χ4v) is 3.22. The molecule has 9 N–H and O–H groups in total. The van der Waals surface area contributed by atoms with Crippen molar-refractivity contribution in [3.05, 3.63) is 29.8 Å². The Morgan fingerprint density at radius 2 is 1.32 bits per heavy atom. The average Bonchev–Trinajstić information content (AvgIpc) is 2.79. The van der Waals surface area contributed by atoms with Crippen molar-refractivity contribution in [2.24, 2.45) is 11.5 Å². The zero-order valence-electron chi connectivity index (χ0n) is 18.1. The molecule has 0 saturated carbocycles. The van der Waals surface area contributed by atoms with Crippen LogP contribution in [0, 0.1) is 0 Å². The van der Waals surface area contributed by atoms with E-state index in [-0.39, 0.29) is 36.5 Å². The van der Waals surface area contributed by atoms with Gasteiger partial charge in [-0.25, -0.2) is 4.79 Å². The molecule has 0 bridgehead atoms. The highest BCUT2D eigenvalue weighted by molar-refractivity contribution is 7.80. The molecular formula is C20H29N5O7S2. The Balaban J connectivity index is 2.75. The van der Waals surface area contributed by atoms with E-state index in [1.807, 2.05) is 0 Å². The molecule has 34 heavy (non-hydrogen) atoms.